The van der Waals surface area contributed by atoms with E-state index >= 15 is 0 Å². The molecule has 3 aromatic rings. The summed E-state index contributed by atoms with van der Waals surface area (Å²) in [5.41, 5.74) is 6.17. The molecule has 33 heavy (non-hydrogen) atoms. The summed E-state index contributed by atoms with van der Waals surface area (Å²) in [4.78, 5) is 2.37. The van der Waals surface area contributed by atoms with Crippen molar-refractivity contribution in [2.75, 3.05) is 39.8 Å². The lowest BCUT2D eigenvalue weighted by molar-refractivity contribution is 0.223. The molecule has 0 aliphatic carbocycles. The van der Waals surface area contributed by atoms with Gasteiger partial charge in [-0.3, -0.25) is 0 Å². The van der Waals surface area contributed by atoms with Crippen LogP contribution in [0.2, 0.25) is 0 Å². The van der Waals surface area contributed by atoms with E-state index in [4.69, 9.17) is 4.74 Å². The van der Waals surface area contributed by atoms with Crippen molar-refractivity contribution < 1.29 is 4.74 Å². The van der Waals surface area contributed by atoms with Gasteiger partial charge in [0, 0.05) is 13.1 Å². The van der Waals surface area contributed by atoms with Crippen LogP contribution in [0.5, 0.6) is 5.75 Å². The highest BCUT2D eigenvalue weighted by Gasteiger charge is 2.14. The van der Waals surface area contributed by atoms with E-state index in [0.29, 0.717) is 6.61 Å². The molecular formula is C30H38N2O. The minimum Gasteiger partial charge on any atom is -0.492 e. The molecule has 3 nitrogen and oxygen atoms in total. The minimum absolute atomic E-state index is 0.706. The first-order valence-corrected chi connectivity index (χ1v) is 11.7. The Morgan fingerprint density at radius 3 is 1.79 bits per heavy atom. The quantitative estimate of drug-likeness (QED) is 0.275. The predicted octanol–water partition coefficient (Wildman–Crippen LogP) is 6.39. The van der Waals surface area contributed by atoms with Crippen LogP contribution in [0.4, 0.5) is 0 Å². The largest absolute Gasteiger partial charge is 0.492 e. The maximum Gasteiger partial charge on any atom is 0.119 e. The lowest BCUT2D eigenvalue weighted by atomic mass is 9.89. The summed E-state index contributed by atoms with van der Waals surface area (Å²) in [5.74, 6) is 0.915. The molecule has 0 fully saturated rings. The van der Waals surface area contributed by atoms with Gasteiger partial charge in [-0.2, -0.15) is 0 Å². The predicted molar refractivity (Wildman–Crippen MR) is 144 cm³/mol. The zero-order valence-electron chi connectivity index (χ0n) is 20.4. The SMILES string of the molecule is C=C.CCN(CC)CCOc1ccc(/C(=C(/CNC)c2ccccc2)c2ccccc2)cc1. The summed E-state index contributed by atoms with van der Waals surface area (Å²) in [5, 5.41) is 3.36. The number of hydrogen-bond donors (Lipinski definition) is 1. The Morgan fingerprint density at radius 2 is 1.27 bits per heavy atom. The molecule has 3 heteroatoms. The molecule has 0 bridgehead atoms. The third-order valence-corrected chi connectivity index (χ3v) is 5.55. The molecule has 0 atom stereocenters. The molecule has 0 radical (unpaired) electrons. The van der Waals surface area contributed by atoms with Crippen LogP contribution in [0.15, 0.2) is 98.1 Å². The number of rotatable bonds is 11. The molecule has 0 heterocycles. The van der Waals surface area contributed by atoms with Crippen LogP contribution >= 0.6 is 0 Å². The monoisotopic (exact) mass is 442 g/mol. The van der Waals surface area contributed by atoms with E-state index < -0.39 is 0 Å². The van der Waals surface area contributed by atoms with E-state index in [-0.39, 0.29) is 0 Å². The van der Waals surface area contributed by atoms with Crippen molar-refractivity contribution in [3.63, 3.8) is 0 Å². The van der Waals surface area contributed by atoms with Gasteiger partial charge in [0.25, 0.3) is 0 Å². The summed E-state index contributed by atoms with van der Waals surface area (Å²) < 4.78 is 6.00. The smallest absolute Gasteiger partial charge is 0.119 e. The van der Waals surface area contributed by atoms with Crippen molar-refractivity contribution in [2.24, 2.45) is 0 Å². The third-order valence-electron chi connectivity index (χ3n) is 5.55. The van der Waals surface area contributed by atoms with Crippen molar-refractivity contribution in [1.82, 2.24) is 10.2 Å². The highest BCUT2D eigenvalue weighted by molar-refractivity contribution is 5.99. The molecule has 3 rings (SSSR count). The Hall–Kier alpha value is -3.14. The van der Waals surface area contributed by atoms with Crippen molar-refractivity contribution in [1.29, 1.82) is 0 Å². The second-order valence-electron chi connectivity index (χ2n) is 7.52. The second-order valence-corrected chi connectivity index (χ2v) is 7.52. The van der Waals surface area contributed by atoms with Gasteiger partial charge in [-0.15, -0.1) is 13.2 Å². The van der Waals surface area contributed by atoms with Crippen molar-refractivity contribution in [3.05, 3.63) is 115 Å². The number of ether oxygens (including phenoxy) is 1. The Labute approximate surface area is 200 Å². The van der Waals surface area contributed by atoms with Crippen molar-refractivity contribution in [2.45, 2.75) is 13.8 Å². The molecular weight excluding hydrogens is 404 g/mol. The molecule has 0 saturated heterocycles. The lowest BCUT2D eigenvalue weighted by Gasteiger charge is -2.19. The molecule has 174 valence electrons. The van der Waals surface area contributed by atoms with Crippen LogP contribution in [-0.2, 0) is 0 Å². The van der Waals surface area contributed by atoms with Gasteiger partial charge in [0.2, 0.25) is 0 Å². The highest BCUT2D eigenvalue weighted by atomic mass is 16.5. The van der Waals surface area contributed by atoms with E-state index in [1.54, 1.807) is 0 Å². The standard InChI is InChI=1S/C28H34N2O.C2H4/c1-4-30(5-2)20-21-31-26-18-16-25(17-19-26)28(24-14-10-7-11-15-24)27(22-29-3)23-12-8-6-9-13-23;1-2/h6-19,29H,4-5,20-22H2,1-3H3;1-2H2/b28-27-;. The van der Waals surface area contributed by atoms with E-state index in [1.807, 2.05) is 7.05 Å². The number of nitrogens with one attached hydrogen (secondary N) is 1. The normalized spacial score (nSPS) is 11.4. The lowest BCUT2D eigenvalue weighted by Crippen LogP contribution is -2.27. The van der Waals surface area contributed by atoms with Gasteiger partial charge >= 0.3 is 0 Å². The fourth-order valence-corrected chi connectivity index (χ4v) is 3.82. The minimum atomic E-state index is 0.706. The first-order valence-electron chi connectivity index (χ1n) is 11.7. The summed E-state index contributed by atoms with van der Waals surface area (Å²) in [6.07, 6.45) is 0. The number of nitrogens with zero attached hydrogens (tertiary/aromatic N) is 1. The molecule has 1 N–H and O–H groups in total. The molecule has 0 aliphatic rings. The summed E-state index contributed by atoms with van der Waals surface area (Å²) >= 11 is 0. The van der Waals surface area contributed by atoms with Gasteiger partial charge in [0.1, 0.15) is 12.4 Å². The van der Waals surface area contributed by atoms with Gasteiger partial charge in [-0.05, 0) is 60.1 Å². The second kappa shape index (κ2) is 14.8. The fraction of sp³-hybridized carbons (Fsp3) is 0.267. The van der Waals surface area contributed by atoms with Gasteiger partial charge in [-0.25, -0.2) is 0 Å². The molecule has 0 amide bonds. The Bertz CT molecular complexity index is 946. The zero-order chi connectivity index (χ0) is 23.9. The first-order chi connectivity index (χ1) is 16.3. The Balaban J connectivity index is 0.00000187. The average molecular weight is 443 g/mol. The van der Waals surface area contributed by atoms with Gasteiger partial charge in [0.15, 0.2) is 0 Å². The number of benzene rings is 3. The van der Waals surface area contributed by atoms with E-state index in [0.717, 1.165) is 31.9 Å². The zero-order valence-corrected chi connectivity index (χ0v) is 20.4. The van der Waals surface area contributed by atoms with Crippen LogP contribution in [0.3, 0.4) is 0 Å². The maximum atomic E-state index is 6.00. The topological polar surface area (TPSA) is 24.5 Å². The van der Waals surface area contributed by atoms with Crippen molar-refractivity contribution >= 4 is 11.1 Å². The average Bonchev–Trinajstić information content (AvgIpc) is 2.89. The van der Waals surface area contributed by atoms with Crippen LogP contribution in [0.25, 0.3) is 11.1 Å². The van der Waals surface area contributed by atoms with Gasteiger partial charge in [-0.1, -0.05) is 86.6 Å². The van der Waals surface area contributed by atoms with Crippen LogP contribution in [-0.4, -0.2) is 44.7 Å². The maximum absolute atomic E-state index is 6.00. The van der Waals surface area contributed by atoms with E-state index in [1.165, 1.54) is 27.8 Å². The van der Waals surface area contributed by atoms with E-state index in [2.05, 4.69) is 122 Å². The third kappa shape index (κ3) is 7.74. The van der Waals surface area contributed by atoms with Crippen LogP contribution < -0.4 is 10.1 Å². The Morgan fingerprint density at radius 1 is 0.758 bits per heavy atom. The first kappa shape index (κ1) is 26.1. The van der Waals surface area contributed by atoms with E-state index in [9.17, 15) is 0 Å². The molecule has 0 spiro atoms. The molecule has 0 aliphatic heterocycles. The molecule has 3 aromatic carbocycles. The summed E-state index contributed by atoms with van der Waals surface area (Å²) in [6, 6.07) is 29.8. The highest BCUT2D eigenvalue weighted by Crippen LogP contribution is 2.33. The fourth-order valence-electron chi connectivity index (χ4n) is 3.82. The van der Waals surface area contributed by atoms with Gasteiger partial charge < -0.3 is 15.0 Å². The number of hydrogen-bond acceptors (Lipinski definition) is 3. The van der Waals surface area contributed by atoms with Crippen LogP contribution in [0.1, 0.15) is 30.5 Å². The number of likely N-dealkylation sites (N-methyl/N-ethyl adjacent to an activating group) is 2. The summed E-state index contributed by atoms with van der Waals surface area (Å²) in [7, 11) is 2.00. The molecule has 0 saturated carbocycles. The van der Waals surface area contributed by atoms with Crippen LogP contribution in [0, 0.1) is 0 Å². The molecule has 0 aromatic heterocycles. The van der Waals surface area contributed by atoms with Crippen molar-refractivity contribution in [3.8, 4) is 5.75 Å². The van der Waals surface area contributed by atoms with Gasteiger partial charge in [0.05, 0.1) is 0 Å². The molecule has 0 unspecified atom stereocenters. The summed E-state index contributed by atoms with van der Waals surface area (Å²) in [6.45, 7) is 14.9. The Kier molecular flexibility index (Phi) is 11.7.